The van der Waals surface area contributed by atoms with E-state index in [2.05, 4.69) is 20.6 Å². The molecule has 0 bridgehead atoms. The smallest absolute Gasteiger partial charge is 0.416 e. The Labute approximate surface area is 503 Å². The molecule has 8 rings (SSSR count). The van der Waals surface area contributed by atoms with Crippen LogP contribution in [0.5, 0.6) is 11.5 Å². The molecule has 4 fully saturated rings. The fourth-order valence-electron chi connectivity index (χ4n) is 11.5. The topological polar surface area (TPSA) is 277 Å². The van der Waals surface area contributed by atoms with Gasteiger partial charge in [-0.1, -0.05) is 62.8 Å². The fraction of sp³-hybridized carbons (Fsp3) is 0.531. The van der Waals surface area contributed by atoms with Gasteiger partial charge in [-0.2, -0.15) is 0 Å². The summed E-state index contributed by atoms with van der Waals surface area (Å²) >= 11 is 0. The van der Waals surface area contributed by atoms with Crippen molar-refractivity contribution in [3.63, 3.8) is 0 Å². The largest absolute Gasteiger partial charge is 0.497 e. The second-order valence-electron chi connectivity index (χ2n) is 24.8. The summed E-state index contributed by atoms with van der Waals surface area (Å²) in [5.74, 6) is -2.86. The first-order valence-corrected chi connectivity index (χ1v) is 29.6. The number of aromatic nitrogens is 2. The van der Waals surface area contributed by atoms with Gasteiger partial charge in [-0.3, -0.25) is 19.4 Å². The average molecular weight is 1190 g/mol. The second kappa shape index (κ2) is 28.7. The maximum Gasteiger partial charge on any atom is 0.416 e. The average Bonchev–Trinajstić information content (AvgIpc) is 1.01. The van der Waals surface area contributed by atoms with Crippen molar-refractivity contribution in [3.05, 3.63) is 107 Å². The van der Waals surface area contributed by atoms with Gasteiger partial charge >= 0.3 is 36.2 Å². The van der Waals surface area contributed by atoms with Crippen LogP contribution in [0.2, 0.25) is 0 Å². The maximum absolute atomic E-state index is 13.3. The highest BCUT2D eigenvalue weighted by atomic mass is 16.6. The molecule has 4 N–H and O–H groups in total. The molecule has 4 aromatic rings. The Morgan fingerprint density at radius 2 is 0.884 bits per heavy atom. The van der Waals surface area contributed by atoms with Crippen LogP contribution in [0.1, 0.15) is 142 Å². The molecule has 8 amide bonds. The molecule has 0 radical (unpaired) electrons. The van der Waals surface area contributed by atoms with Gasteiger partial charge in [0, 0.05) is 24.5 Å². The Morgan fingerprint density at radius 3 is 1.19 bits per heavy atom. The number of nitrogens with zero attached hydrogens (tertiary/aromatic N) is 6. The number of aliphatic carboxylic acids is 2. The SMILES string of the molecule is COc1ccc(CN(C(=O)OC(C)(C)C)c2cc(C[C@@H]3C(=O)N(C(=O)N[C@H](C)C4CCCCC4)[C@@H]3C(=O)O)ccn2)cc1.COc1ccc(CN(C(=O)OC(C)(C)C)c2cc(C[C@H]3C(=O)N(C(=O)N[C@H](C)C4CCCCC4)[C@@H]3C(=O)O)ccn2)cc1. The van der Waals surface area contributed by atoms with Crippen LogP contribution in [-0.2, 0) is 54.6 Å². The monoisotopic (exact) mass is 1190 g/mol. The maximum atomic E-state index is 13.3. The zero-order valence-corrected chi connectivity index (χ0v) is 51.1. The van der Waals surface area contributed by atoms with Gasteiger partial charge in [0.15, 0.2) is 12.1 Å². The number of pyridine rings is 2. The Balaban J connectivity index is 0.000000246. The third kappa shape index (κ3) is 17.0. The van der Waals surface area contributed by atoms with Gasteiger partial charge in [0.25, 0.3) is 0 Å². The molecule has 22 heteroatoms. The summed E-state index contributed by atoms with van der Waals surface area (Å²) < 4.78 is 21.7. The number of rotatable bonds is 18. The van der Waals surface area contributed by atoms with E-state index in [1.54, 1.807) is 104 Å². The number of methoxy groups -OCH3 is 2. The van der Waals surface area contributed by atoms with Crippen LogP contribution in [0, 0.1) is 23.7 Å². The van der Waals surface area contributed by atoms with Crippen molar-refractivity contribution < 1.29 is 67.5 Å². The van der Waals surface area contributed by atoms with E-state index in [1.165, 1.54) is 35.0 Å². The number of imide groups is 2. The minimum atomic E-state index is -1.29. The van der Waals surface area contributed by atoms with E-state index < -0.39 is 83.1 Å². The van der Waals surface area contributed by atoms with E-state index in [4.69, 9.17) is 18.9 Å². The van der Waals surface area contributed by atoms with Gasteiger partial charge in [-0.25, -0.2) is 48.5 Å². The lowest BCUT2D eigenvalue weighted by atomic mass is 9.82. The molecular formula is C64H84N8O14. The number of carboxylic acids is 2. The highest BCUT2D eigenvalue weighted by Gasteiger charge is 2.56. The number of hydrogen-bond acceptors (Lipinski definition) is 14. The number of benzene rings is 2. The summed E-state index contributed by atoms with van der Waals surface area (Å²) in [5.41, 5.74) is 1.32. The molecule has 464 valence electrons. The van der Waals surface area contributed by atoms with Gasteiger partial charge in [-0.15, -0.1) is 0 Å². The molecule has 4 heterocycles. The number of amides is 8. The van der Waals surface area contributed by atoms with Gasteiger partial charge in [-0.05, 0) is 177 Å². The molecule has 2 aromatic heterocycles. The third-order valence-electron chi connectivity index (χ3n) is 16.1. The zero-order valence-electron chi connectivity index (χ0n) is 51.1. The quantitative estimate of drug-likeness (QED) is 0.0674. The first kappa shape index (κ1) is 65.2. The number of likely N-dealkylation sites (tertiary alicyclic amines) is 2. The Morgan fingerprint density at radius 1 is 0.547 bits per heavy atom. The van der Waals surface area contributed by atoms with Crippen LogP contribution < -0.4 is 29.9 Å². The lowest BCUT2D eigenvalue weighted by molar-refractivity contribution is -0.165. The number of anilines is 2. The van der Waals surface area contributed by atoms with Crippen molar-refractivity contribution in [2.24, 2.45) is 23.7 Å². The van der Waals surface area contributed by atoms with E-state index in [1.807, 2.05) is 38.1 Å². The van der Waals surface area contributed by atoms with Crippen LogP contribution in [0.4, 0.5) is 30.8 Å². The first-order chi connectivity index (χ1) is 40.7. The molecular weight excluding hydrogens is 1100 g/mol. The normalized spacial score (nSPS) is 19.7. The lowest BCUT2D eigenvalue weighted by Gasteiger charge is -2.43. The number of ether oxygens (including phenoxy) is 4. The standard InChI is InChI=1S/2C32H42N4O7/c2*1-20(23-9-7-6-8-10-23)34-30(40)36-27(29(38)39)25(28(36)37)17-22-15-16-33-26(18-22)35(31(41)43-32(2,3)4)19-21-11-13-24(42-5)14-12-21/h2*11-16,18,20,23,25,27H,6-10,17,19H2,1-5H3,(H,34,40)(H,38,39)/t20-,25+,27+;20-,25-,27+/m11/s1. The van der Waals surface area contributed by atoms with Gasteiger partial charge in [0.1, 0.15) is 34.3 Å². The molecule has 86 heavy (non-hydrogen) atoms. The molecule has 4 aliphatic rings. The van der Waals surface area contributed by atoms with Crippen LogP contribution in [-0.4, -0.2) is 128 Å². The lowest BCUT2D eigenvalue weighted by Crippen LogP contribution is -2.69. The van der Waals surface area contributed by atoms with E-state index in [0.717, 1.165) is 72.3 Å². The van der Waals surface area contributed by atoms with Crippen LogP contribution in [0.15, 0.2) is 85.2 Å². The van der Waals surface area contributed by atoms with Gasteiger partial charge in [0.2, 0.25) is 11.8 Å². The zero-order chi connectivity index (χ0) is 62.6. The first-order valence-electron chi connectivity index (χ1n) is 29.6. The van der Waals surface area contributed by atoms with Gasteiger partial charge in [0.05, 0.1) is 39.1 Å². The molecule has 2 saturated heterocycles. The van der Waals surface area contributed by atoms with E-state index >= 15 is 0 Å². The minimum absolute atomic E-state index is 0.0674. The van der Waals surface area contributed by atoms with Crippen LogP contribution in [0.3, 0.4) is 0 Å². The predicted octanol–water partition coefficient (Wildman–Crippen LogP) is 10.3. The molecule has 22 nitrogen and oxygen atoms in total. The van der Waals surface area contributed by atoms with Crippen molar-refractivity contribution in [1.29, 1.82) is 0 Å². The number of hydrogen-bond donors (Lipinski definition) is 4. The molecule has 2 aliphatic heterocycles. The van der Waals surface area contributed by atoms with Crippen molar-refractivity contribution >= 4 is 59.6 Å². The van der Waals surface area contributed by atoms with Crippen molar-refractivity contribution in [1.82, 2.24) is 30.4 Å². The van der Waals surface area contributed by atoms with Crippen molar-refractivity contribution in [2.75, 3.05) is 24.0 Å². The van der Waals surface area contributed by atoms with Crippen molar-refractivity contribution in [3.8, 4) is 11.5 Å². The Kier molecular flexibility index (Phi) is 21.8. The summed E-state index contributed by atoms with van der Waals surface area (Å²) in [6.45, 7) is 14.7. The summed E-state index contributed by atoms with van der Waals surface area (Å²) in [4.78, 5) is 116. The number of carboxylic acid groups (broad SMARTS) is 2. The fourth-order valence-corrected chi connectivity index (χ4v) is 11.5. The summed E-state index contributed by atoms with van der Waals surface area (Å²) in [7, 11) is 3.14. The Hall–Kier alpha value is -8.30. The van der Waals surface area contributed by atoms with E-state index in [-0.39, 0.29) is 49.7 Å². The number of carbonyl (C=O) groups is 8. The van der Waals surface area contributed by atoms with E-state index in [9.17, 15) is 48.6 Å². The molecule has 0 spiro atoms. The highest BCUT2D eigenvalue weighted by Crippen LogP contribution is 2.35. The number of nitrogens with one attached hydrogen (secondary N) is 2. The number of β-lactam (4-membered cyclic amide) rings is 2. The Bertz CT molecular complexity index is 2840. The number of urea groups is 2. The highest BCUT2D eigenvalue weighted by molar-refractivity contribution is 6.08. The van der Waals surface area contributed by atoms with Crippen molar-refractivity contribution in [2.45, 2.75) is 181 Å². The van der Waals surface area contributed by atoms with Crippen LogP contribution >= 0.6 is 0 Å². The minimum Gasteiger partial charge on any atom is -0.497 e. The molecule has 0 unspecified atom stereocenters. The number of carbonyl (C=O) groups excluding carboxylic acids is 6. The molecule has 2 aliphatic carbocycles. The third-order valence-corrected chi connectivity index (χ3v) is 16.1. The molecule has 2 aromatic carbocycles. The predicted molar refractivity (Wildman–Crippen MR) is 319 cm³/mol. The summed E-state index contributed by atoms with van der Waals surface area (Å²) in [6.07, 6.45) is 12.7. The summed E-state index contributed by atoms with van der Waals surface area (Å²) in [5, 5.41) is 25.7. The van der Waals surface area contributed by atoms with Crippen LogP contribution in [0.25, 0.3) is 0 Å². The molecule has 6 atom stereocenters. The molecule has 2 saturated carbocycles. The second-order valence-corrected chi connectivity index (χ2v) is 24.8. The summed E-state index contributed by atoms with van der Waals surface area (Å²) in [6, 6.07) is 16.9. The van der Waals surface area contributed by atoms with Gasteiger partial charge < -0.3 is 39.8 Å². The van der Waals surface area contributed by atoms with E-state index in [0.29, 0.717) is 34.5 Å².